The van der Waals surface area contributed by atoms with Crippen LogP contribution in [-0.2, 0) is 4.74 Å². The second-order valence-corrected chi connectivity index (χ2v) is 6.19. The summed E-state index contributed by atoms with van der Waals surface area (Å²) in [5.41, 5.74) is 1.52. The molecular formula is C17H21N5O2. The van der Waals surface area contributed by atoms with Crippen LogP contribution in [0.15, 0.2) is 30.7 Å². The van der Waals surface area contributed by atoms with Crippen LogP contribution < -0.4 is 4.90 Å². The molecule has 2 fully saturated rings. The number of carbonyl (C=O) groups excluding carboxylic acids is 1. The Kier molecular flexibility index (Phi) is 4.17. The molecule has 2 saturated heterocycles. The van der Waals surface area contributed by atoms with Crippen molar-refractivity contribution in [3.8, 4) is 0 Å². The molecule has 4 heterocycles. The molecule has 1 amide bonds. The molecular weight excluding hydrogens is 306 g/mol. The molecule has 126 valence electrons. The van der Waals surface area contributed by atoms with Crippen molar-refractivity contribution in [3.05, 3.63) is 42.0 Å². The van der Waals surface area contributed by atoms with Crippen LogP contribution in [0, 0.1) is 0 Å². The van der Waals surface area contributed by atoms with Gasteiger partial charge in [0, 0.05) is 38.2 Å². The van der Waals surface area contributed by atoms with Gasteiger partial charge in [0.2, 0.25) is 5.95 Å². The Bertz CT molecular complexity index is 697. The first-order valence-electron chi connectivity index (χ1n) is 8.43. The van der Waals surface area contributed by atoms with E-state index in [1.54, 1.807) is 24.7 Å². The zero-order valence-corrected chi connectivity index (χ0v) is 13.5. The number of anilines is 1. The fraction of sp³-hybridized carbons (Fsp3) is 0.471. The highest BCUT2D eigenvalue weighted by molar-refractivity contribution is 5.94. The average molecular weight is 327 g/mol. The van der Waals surface area contributed by atoms with Gasteiger partial charge in [0.05, 0.1) is 24.4 Å². The number of nitrogens with one attached hydrogen (secondary N) is 1. The molecule has 1 atom stereocenters. The maximum absolute atomic E-state index is 12.5. The van der Waals surface area contributed by atoms with Gasteiger partial charge < -0.3 is 19.5 Å². The summed E-state index contributed by atoms with van der Waals surface area (Å²) >= 11 is 0. The van der Waals surface area contributed by atoms with E-state index in [-0.39, 0.29) is 12.0 Å². The Morgan fingerprint density at radius 3 is 2.92 bits per heavy atom. The van der Waals surface area contributed by atoms with Gasteiger partial charge in [-0.25, -0.2) is 9.97 Å². The first-order valence-corrected chi connectivity index (χ1v) is 8.43. The first kappa shape index (κ1) is 15.1. The SMILES string of the molecule is O=C(c1cc[nH]c1)N1CCO[C@@H](c2ccnc(N3CCCC3)n2)C1. The largest absolute Gasteiger partial charge is 0.368 e. The smallest absolute Gasteiger partial charge is 0.255 e. The molecule has 2 aliphatic heterocycles. The Morgan fingerprint density at radius 1 is 1.25 bits per heavy atom. The van der Waals surface area contributed by atoms with E-state index >= 15 is 0 Å². The zero-order chi connectivity index (χ0) is 16.4. The van der Waals surface area contributed by atoms with Crippen molar-refractivity contribution in [2.75, 3.05) is 37.7 Å². The van der Waals surface area contributed by atoms with Crippen LogP contribution in [0.5, 0.6) is 0 Å². The minimum atomic E-state index is -0.203. The molecule has 4 rings (SSSR count). The van der Waals surface area contributed by atoms with E-state index in [0.29, 0.717) is 25.3 Å². The van der Waals surface area contributed by atoms with E-state index in [2.05, 4.69) is 19.9 Å². The fourth-order valence-electron chi connectivity index (χ4n) is 3.26. The molecule has 0 spiro atoms. The highest BCUT2D eigenvalue weighted by atomic mass is 16.5. The molecule has 7 heteroatoms. The Balaban J connectivity index is 1.49. The molecule has 0 saturated carbocycles. The van der Waals surface area contributed by atoms with E-state index in [1.807, 2.05) is 11.0 Å². The molecule has 2 aliphatic rings. The summed E-state index contributed by atoms with van der Waals surface area (Å²) in [6.45, 7) is 3.65. The summed E-state index contributed by atoms with van der Waals surface area (Å²) in [6, 6.07) is 3.68. The Morgan fingerprint density at radius 2 is 2.12 bits per heavy atom. The maximum Gasteiger partial charge on any atom is 0.255 e. The summed E-state index contributed by atoms with van der Waals surface area (Å²) in [5.74, 6) is 0.793. The monoisotopic (exact) mass is 327 g/mol. The lowest BCUT2D eigenvalue weighted by atomic mass is 10.2. The summed E-state index contributed by atoms with van der Waals surface area (Å²) < 4.78 is 5.87. The number of morpholine rings is 1. The molecule has 0 bridgehead atoms. The number of nitrogens with zero attached hydrogens (tertiary/aromatic N) is 4. The van der Waals surface area contributed by atoms with Crippen molar-refractivity contribution in [2.24, 2.45) is 0 Å². The highest BCUT2D eigenvalue weighted by Gasteiger charge is 2.28. The lowest BCUT2D eigenvalue weighted by Crippen LogP contribution is -2.42. The van der Waals surface area contributed by atoms with Crippen molar-refractivity contribution < 1.29 is 9.53 Å². The van der Waals surface area contributed by atoms with Crippen molar-refractivity contribution in [2.45, 2.75) is 18.9 Å². The lowest BCUT2D eigenvalue weighted by molar-refractivity contribution is -0.0247. The fourth-order valence-corrected chi connectivity index (χ4v) is 3.26. The van der Waals surface area contributed by atoms with Crippen molar-refractivity contribution in [1.82, 2.24) is 19.9 Å². The number of amides is 1. The second kappa shape index (κ2) is 6.60. The Labute approximate surface area is 140 Å². The normalized spacial score (nSPS) is 21.2. The number of aromatic nitrogens is 3. The third-order valence-electron chi connectivity index (χ3n) is 4.58. The van der Waals surface area contributed by atoms with Crippen molar-refractivity contribution >= 4 is 11.9 Å². The summed E-state index contributed by atoms with van der Waals surface area (Å²) in [5, 5.41) is 0. The van der Waals surface area contributed by atoms with Gasteiger partial charge in [-0.15, -0.1) is 0 Å². The Hall–Kier alpha value is -2.41. The van der Waals surface area contributed by atoms with E-state index in [1.165, 1.54) is 12.8 Å². The van der Waals surface area contributed by atoms with E-state index < -0.39 is 0 Å². The van der Waals surface area contributed by atoms with E-state index in [9.17, 15) is 4.79 Å². The first-order chi connectivity index (χ1) is 11.8. The van der Waals surface area contributed by atoms with E-state index in [4.69, 9.17) is 4.74 Å². The molecule has 2 aromatic heterocycles. The van der Waals surface area contributed by atoms with Crippen LogP contribution in [0.2, 0.25) is 0 Å². The predicted molar refractivity (Wildman–Crippen MR) is 88.9 cm³/mol. The van der Waals surface area contributed by atoms with Crippen LogP contribution in [0.1, 0.15) is 35.0 Å². The van der Waals surface area contributed by atoms with Crippen molar-refractivity contribution in [3.63, 3.8) is 0 Å². The van der Waals surface area contributed by atoms with Gasteiger partial charge in [-0.3, -0.25) is 4.79 Å². The highest BCUT2D eigenvalue weighted by Crippen LogP contribution is 2.24. The van der Waals surface area contributed by atoms with Gasteiger partial charge >= 0.3 is 0 Å². The van der Waals surface area contributed by atoms with Crippen molar-refractivity contribution in [1.29, 1.82) is 0 Å². The average Bonchev–Trinajstić information content (AvgIpc) is 3.35. The molecule has 0 aromatic carbocycles. The second-order valence-electron chi connectivity index (χ2n) is 6.19. The molecule has 7 nitrogen and oxygen atoms in total. The maximum atomic E-state index is 12.5. The quantitative estimate of drug-likeness (QED) is 0.927. The number of ether oxygens (including phenoxy) is 1. The van der Waals surface area contributed by atoms with Crippen LogP contribution in [0.4, 0.5) is 5.95 Å². The zero-order valence-electron chi connectivity index (χ0n) is 13.5. The van der Waals surface area contributed by atoms with Crippen LogP contribution in [-0.4, -0.2) is 58.5 Å². The standard InChI is InChI=1S/C17H21N5O2/c23-16(13-3-5-18-11-13)22-9-10-24-15(12-22)14-4-6-19-17(20-14)21-7-1-2-8-21/h3-6,11,15,18H,1-2,7-10,12H2/t15-/m1/s1. The summed E-state index contributed by atoms with van der Waals surface area (Å²) in [6.07, 6.45) is 7.44. The molecule has 0 radical (unpaired) electrons. The van der Waals surface area contributed by atoms with Gasteiger partial charge in [-0.1, -0.05) is 0 Å². The number of H-pyrrole nitrogens is 1. The summed E-state index contributed by atoms with van der Waals surface area (Å²) in [7, 11) is 0. The topological polar surface area (TPSA) is 74.3 Å². The van der Waals surface area contributed by atoms with Gasteiger partial charge in [0.25, 0.3) is 5.91 Å². The minimum Gasteiger partial charge on any atom is -0.368 e. The van der Waals surface area contributed by atoms with Crippen LogP contribution in [0.3, 0.4) is 0 Å². The third-order valence-corrected chi connectivity index (χ3v) is 4.58. The molecule has 2 aromatic rings. The number of carbonyl (C=O) groups is 1. The number of rotatable bonds is 3. The molecule has 1 N–H and O–H groups in total. The predicted octanol–water partition coefficient (Wildman–Crippen LogP) is 1.62. The van der Waals surface area contributed by atoms with Crippen LogP contribution in [0.25, 0.3) is 0 Å². The van der Waals surface area contributed by atoms with Gasteiger partial charge in [0.15, 0.2) is 0 Å². The van der Waals surface area contributed by atoms with E-state index in [0.717, 1.165) is 24.7 Å². The summed E-state index contributed by atoms with van der Waals surface area (Å²) in [4.78, 5) is 28.5. The van der Waals surface area contributed by atoms with Gasteiger partial charge in [-0.2, -0.15) is 0 Å². The lowest BCUT2D eigenvalue weighted by Gasteiger charge is -2.32. The minimum absolute atomic E-state index is 0.0263. The number of aromatic amines is 1. The van der Waals surface area contributed by atoms with Gasteiger partial charge in [0.1, 0.15) is 6.10 Å². The molecule has 0 aliphatic carbocycles. The number of hydrogen-bond acceptors (Lipinski definition) is 5. The molecule has 24 heavy (non-hydrogen) atoms. The molecule has 0 unspecified atom stereocenters. The third kappa shape index (κ3) is 2.99. The van der Waals surface area contributed by atoms with Crippen LogP contribution >= 0.6 is 0 Å². The van der Waals surface area contributed by atoms with Gasteiger partial charge in [-0.05, 0) is 25.0 Å². The number of hydrogen-bond donors (Lipinski definition) is 1.